The molecule has 0 aromatic carbocycles. The van der Waals surface area contributed by atoms with Gasteiger partial charge in [-0.15, -0.1) is 0 Å². The molecule has 1 saturated carbocycles. The molecular weight excluding hydrogens is 216 g/mol. The Morgan fingerprint density at radius 3 is 2.71 bits per heavy atom. The third kappa shape index (κ3) is 3.03. The zero-order chi connectivity index (χ0) is 12.3. The standard InChI is InChI=1S/C13H18N2O2/c1-15(12-4-2-3-5-12)9-11-7-6-10(8-14-11)13(16)17/h6-8,12H,2-5,9H2,1H3,(H,16,17). The normalized spacial score (nSPS) is 16.6. The van der Waals surface area contributed by atoms with Crippen molar-refractivity contribution in [2.45, 2.75) is 38.3 Å². The van der Waals surface area contributed by atoms with Crippen LogP contribution in [0.1, 0.15) is 41.7 Å². The Hall–Kier alpha value is -1.42. The van der Waals surface area contributed by atoms with Gasteiger partial charge in [-0.3, -0.25) is 9.88 Å². The maximum absolute atomic E-state index is 10.7. The number of aromatic nitrogens is 1. The molecule has 1 fully saturated rings. The van der Waals surface area contributed by atoms with E-state index in [1.54, 1.807) is 12.1 Å². The number of nitrogens with zero attached hydrogens (tertiary/aromatic N) is 2. The summed E-state index contributed by atoms with van der Waals surface area (Å²) in [4.78, 5) is 17.2. The molecule has 1 aromatic rings. The molecule has 0 spiro atoms. The molecule has 4 heteroatoms. The van der Waals surface area contributed by atoms with Crippen LogP contribution in [-0.4, -0.2) is 34.0 Å². The molecule has 1 heterocycles. The van der Waals surface area contributed by atoms with Crippen molar-refractivity contribution in [2.75, 3.05) is 7.05 Å². The molecule has 0 atom stereocenters. The van der Waals surface area contributed by atoms with Gasteiger partial charge in [-0.1, -0.05) is 12.8 Å². The van der Waals surface area contributed by atoms with Crippen LogP contribution in [0, 0.1) is 0 Å². The van der Waals surface area contributed by atoms with Crippen molar-refractivity contribution in [3.8, 4) is 0 Å². The van der Waals surface area contributed by atoms with E-state index in [2.05, 4.69) is 16.9 Å². The second-order valence-electron chi connectivity index (χ2n) is 4.70. The molecule has 1 aliphatic carbocycles. The number of carboxylic acids is 1. The number of aromatic carboxylic acids is 1. The Labute approximate surface area is 101 Å². The number of rotatable bonds is 4. The topological polar surface area (TPSA) is 53.4 Å². The van der Waals surface area contributed by atoms with Gasteiger partial charge in [0.15, 0.2) is 0 Å². The molecule has 92 valence electrons. The van der Waals surface area contributed by atoms with Gasteiger partial charge in [0.25, 0.3) is 0 Å². The molecule has 0 saturated heterocycles. The summed E-state index contributed by atoms with van der Waals surface area (Å²) in [5.74, 6) is -0.923. The minimum atomic E-state index is -0.923. The van der Waals surface area contributed by atoms with Crippen molar-refractivity contribution in [3.63, 3.8) is 0 Å². The summed E-state index contributed by atoms with van der Waals surface area (Å²) in [6.45, 7) is 0.796. The minimum Gasteiger partial charge on any atom is -0.478 e. The molecule has 1 aliphatic rings. The van der Waals surface area contributed by atoms with E-state index in [9.17, 15) is 4.79 Å². The summed E-state index contributed by atoms with van der Waals surface area (Å²) in [7, 11) is 2.11. The number of pyridine rings is 1. The molecule has 4 nitrogen and oxygen atoms in total. The van der Waals surface area contributed by atoms with Gasteiger partial charge < -0.3 is 5.11 Å². The van der Waals surface area contributed by atoms with Gasteiger partial charge in [-0.2, -0.15) is 0 Å². The van der Waals surface area contributed by atoms with Crippen LogP contribution in [0.3, 0.4) is 0 Å². The fourth-order valence-electron chi connectivity index (χ4n) is 2.37. The third-order valence-electron chi connectivity index (χ3n) is 3.43. The molecule has 1 N–H and O–H groups in total. The molecule has 0 bridgehead atoms. The van der Waals surface area contributed by atoms with Crippen molar-refractivity contribution in [1.29, 1.82) is 0 Å². The van der Waals surface area contributed by atoms with Crippen LogP contribution in [0.4, 0.5) is 0 Å². The molecule has 2 rings (SSSR count). The number of hydrogen-bond acceptors (Lipinski definition) is 3. The van der Waals surface area contributed by atoms with Gasteiger partial charge in [-0.05, 0) is 32.0 Å². The quantitative estimate of drug-likeness (QED) is 0.867. The van der Waals surface area contributed by atoms with Gasteiger partial charge in [0.1, 0.15) is 0 Å². The second-order valence-corrected chi connectivity index (χ2v) is 4.70. The minimum absolute atomic E-state index is 0.247. The van der Waals surface area contributed by atoms with Crippen LogP contribution >= 0.6 is 0 Å². The van der Waals surface area contributed by atoms with Crippen LogP contribution in [0.25, 0.3) is 0 Å². The van der Waals surface area contributed by atoms with Crippen molar-refractivity contribution in [3.05, 3.63) is 29.6 Å². The van der Waals surface area contributed by atoms with Crippen molar-refractivity contribution < 1.29 is 9.90 Å². The number of carboxylic acid groups (broad SMARTS) is 1. The van der Waals surface area contributed by atoms with E-state index in [1.807, 2.05) is 0 Å². The maximum atomic E-state index is 10.7. The van der Waals surface area contributed by atoms with Crippen LogP contribution in [0.15, 0.2) is 18.3 Å². The number of hydrogen-bond donors (Lipinski definition) is 1. The molecule has 1 aromatic heterocycles. The second kappa shape index (κ2) is 5.27. The van der Waals surface area contributed by atoms with Crippen molar-refractivity contribution >= 4 is 5.97 Å². The predicted octanol–water partition coefficient (Wildman–Crippen LogP) is 2.15. The van der Waals surface area contributed by atoms with E-state index in [4.69, 9.17) is 5.11 Å². The summed E-state index contributed by atoms with van der Waals surface area (Å²) in [6.07, 6.45) is 6.61. The highest BCUT2D eigenvalue weighted by atomic mass is 16.4. The Kier molecular flexibility index (Phi) is 3.74. The summed E-state index contributed by atoms with van der Waals surface area (Å²) in [6, 6.07) is 4.08. The van der Waals surface area contributed by atoms with Crippen LogP contribution < -0.4 is 0 Å². The molecule has 0 unspecified atom stereocenters. The highest BCUT2D eigenvalue weighted by Crippen LogP contribution is 2.23. The third-order valence-corrected chi connectivity index (χ3v) is 3.43. The van der Waals surface area contributed by atoms with E-state index in [0.717, 1.165) is 12.2 Å². The highest BCUT2D eigenvalue weighted by molar-refractivity contribution is 5.87. The lowest BCUT2D eigenvalue weighted by Gasteiger charge is -2.23. The zero-order valence-electron chi connectivity index (χ0n) is 10.1. The lowest BCUT2D eigenvalue weighted by molar-refractivity contribution is 0.0696. The van der Waals surface area contributed by atoms with Crippen molar-refractivity contribution in [2.24, 2.45) is 0 Å². The Balaban J connectivity index is 1.96. The van der Waals surface area contributed by atoms with E-state index < -0.39 is 5.97 Å². The lowest BCUT2D eigenvalue weighted by atomic mass is 10.2. The lowest BCUT2D eigenvalue weighted by Crippen LogP contribution is -2.28. The SMILES string of the molecule is CN(Cc1ccc(C(=O)O)cn1)C1CCCC1. The smallest absolute Gasteiger partial charge is 0.337 e. The largest absolute Gasteiger partial charge is 0.478 e. The van der Waals surface area contributed by atoms with Gasteiger partial charge in [0.2, 0.25) is 0 Å². The van der Waals surface area contributed by atoms with Gasteiger partial charge in [0.05, 0.1) is 11.3 Å². The Bertz CT molecular complexity index is 383. The summed E-state index contributed by atoms with van der Waals surface area (Å²) in [5, 5.41) is 8.78. The molecule has 0 aliphatic heterocycles. The maximum Gasteiger partial charge on any atom is 0.337 e. The van der Waals surface area contributed by atoms with Gasteiger partial charge >= 0.3 is 5.97 Å². The van der Waals surface area contributed by atoms with E-state index in [0.29, 0.717) is 6.04 Å². The first-order valence-corrected chi connectivity index (χ1v) is 6.05. The highest BCUT2D eigenvalue weighted by Gasteiger charge is 2.19. The Morgan fingerprint density at radius 1 is 1.47 bits per heavy atom. The predicted molar refractivity (Wildman–Crippen MR) is 64.9 cm³/mol. The summed E-state index contributed by atoms with van der Waals surface area (Å²) < 4.78 is 0. The van der Waals surface area contributed by atoms with Gasteiger partial charge in [-0.25, -0.2) is 4.79 Å². The van der Waals surface area contributed by atoms with E-state index in [-0.39, 0.29) is 5.56 Å². The fraction of sp³-hybridized carbons (Fsp3) is 0.538. The monoisotopic (exact) mass is 234 g/mol. The first kappa shape index (κ1) is 12.0. The molecular formula is C13H18N2O2. The molecule has 17 heavy (non-hydrogen) atoms. The average molecular weight is 234 g/mol. The van der Waals surface area contributed by atoms with Crippen LogP contribution in [0.2, 0.25) is 0 Å². The first-order chi connectivity index (χ1) is 8.16. The Morgan fingerprint density at radius 2 is 2.18 bits per heavy atom. The first-order valence-electron chi connectivity index (χ1n) is 6.05. The number of carbonyl (C=O) groups is 1. The molecule has 0 radical (unpaired) electrons. The zero-order valence-corrected chi connectivity index (χ0v) is 10.1. The molecule has 0 amide bonds. The summed E-state index contributed by atoms with van der Waals surface area (Å²) in [5.41, 5.74) is 1.18. The van der Waals surface area contributed by atoms with Gasteiger partial charge in [0, 0.05) is 18.8 Å². The van der Waals surface area contributed by atoms with E-state index in [1.165, 1.54) is 31.9 Å². The average Bonchev–Trinajstić information content (AvgIpc) is 2.83. The van der Waals surface area contributed by atoms with Crippen molar-refractivity contribution in [1.82, 2.24) is 9.88 Å². The fourth-order valence-corrected chi connectivity index (χ4v) is 2.37. The van der Waals surface area contributed by atoms with Crippen LogP contribution in [0.5, 0.6) is 0 Å². The van der Waals surface area contributed by atoms with Crippen LogP contribution in [-0.2, 0) is 6.54 Å². The van der Waals surface area contributed by atoms with E-state index >= 15 is 0 Å². The summed E-state index contributed by atoms with van der Waals surface area (Å²) >= 11 is 0.